The van der Waals surface area contributed by atoms with Crippen LogP contribution in [0.5, 0.6) is 5.75 Å². The summed E-state index contributed by atoms with van der Waals surface area (Å²) in [4.78, 5) is 9.71. The summed E-state index contributed by atoms with van der Waals surface area (Å²) in [5.74, 6) is -0.743. The van der Waals surface area contributed by atoms with Gasteiger partial charge >= 0.3 is 6.18 Å². The fraction of sp³-hybridized carbons (Fsp3) is 0.227. The smallest absolute Gasteiger partial charge is 0.416 e. The molecule has 1 aromatic heterocycles. The highest BCUT2D eigenvalue weighted by Crippen LogP contribution is 2.34. The van der Waals surface area contributed by atoms with Crippen molar-refractivity contribution in [2.45, 2.75) is 6.18 Å². The van der Waals surface area contributed by atoms with E-state index in [2.05, 4.69) is 25.8 Å². The monoisotopic (exact) mass is 510 g/mol. The van der Waals surface area contributed by atoms with Crippen LogP contribution in [0.3, 0.4) is 0 Å². The van der Waals surface area contributed by atoms with Crippen molar-refractivity contribution in [1.29, 1.82) is 0 Å². The van der Waals surface area contributed by atoms with Gasteiger partial charge in [0.2, 0.25) is 5.95 Å². The van der Waals surface area contributed by atoms with Crippen LogP contribution in [0.1, 0.15) is 11.1 Å². The van der Waals surface area contributed by atoms with Gasteiger partial charge in [-0.15, -0.1) is 0 Å². The van der Waals surface area contributed by atoms with Gasteiger partial charge in [0.15, 0.2) is 11.6 Å². The third-order valence-corrected chi connectivity index (χ3v) is 5.26. The summed E-state index contributed by atoms with van der Waals surface area (Å²) >= 11 is 6.08. The Morgan fingerprint density at radius 1 is 1.14 bits per heavy atom. The molecular weight excluding hydrogens is 492 g/mol. The molecule has 8 nitrogen and oxygen atoms in total. The van der Waals surface area contributed by atoms with Crippen LogP contribution in [0, 0.1) is 5.82 Å². The molecule has 184 valence electrons. The fourth-order valence-corrected chi connectivity index (χ4v) is 3.53. The number of benzene rings is 2. The molecule has 2 aromatic carbocycles. The van der Waals surface area contributed by atoms with Crippen LogP contribution in [0.4, 0.5) is 40.7 Å². The lowest BCUT2D eigenvalue weighted by Crippen LogP contribution is -2.37. The molecule has 13 heteroatoms. The number of halogens is 5. The van der Waals surface area contributed by atoms with Crippen LogP contribution in [-0.2, 0) is 10.9 Å². The van der Waals surface area contributed by atoms with Crippen LogP contribution in [0.2, 0.25) is 5.02 Å². The summed E-state index contributed by atoms with van der Waals surface area (Å²) in [7, 11) is 0. The summed E-state index contributed by atoms with van der Waals surface area (Å²) in [6, 6.07) is 7.45. The maximum absolute atomic E-state index is 14.2. The maximum Gasteiger partial charge on any atom is 0.416 e. The largest absolute Gasteiger partial charge is 0.506 e. The zero-order valence-electron chi connectivity index (χ0n) is 18.0. The Labute approximate surface area is 202 Å². The topological polar surface area (TPSA) is 94.9 Å². The third kappa shape index (κ3) is 6.08. The first-order valence-corrected chi connectivity index (χ1v) is 10.7. The van der Waals surface area contributed by atoms with E-state index in [0.717, 1.165) is 18.3 Å². The van der Waals surface area contributed by atoms with E-state index in [9.17, 15) is 22.7 Å². The number of hydrogen-bond acceptors (Lipinski definition) is 8. The van der Waals surface area contributed by atoms with Crippen LogP contribution < -0.4 is 15.6 Å². The molecular formula is C22H19ClF4N6O2. The number of hydrazone groups is 1. The minimum atomic E-state index is -4.49. The van der Waals surface area contributed by atoms with Crippen molar-refractivity contribution >= 4 is 41.0 Å². The number of nitrogens with one attached hydrogen (secondary N) is 2. The molecule has 3 N–H and O–H groups in total. The average molecular weight is 511 g/mol. The zero-order valence-corrected chi connectivity index (χ0v) is 18.7. The standard InChI is InChI=1S/C22H19ClF4N6O2/c23-17-10-16(30-15-3-1-2-14(9-15)22(25,26)27)8-13(19(17)34)11-29-32-21-28-12-18(24)20(31-21)33-4-6-35-7-5-33/h1-3,8-12,30,34H,4-7H2,(H,28,31,32)/b29-11-. The van der Waals surface area contributed by atoms with Gasteiger partial charge in [-0.3, -0.25) is 0 Å². The molecule has 0 atom stereocenters. The molecule has 0 radical (unpaired) electrons. The summed E-state index contributed by atoms with van der Waals surface area (Å²) in [6.45, 7) is 1.87. The molecule has 1 fully saturated rings. The van der Waals surface area contributed by atoms with Gasteiger partial charge in [-0.05, 0) is 30.3 Å². The number of hydrogen-bond donors (Lipinski definition) is 3. The lowest BCUT2D eigenvalue weighted by atomic mass is 10.1. The summed E-state index contributed by atoms with van der Waals surface area (Å²) < 4.78 is 58.3. The highest BCUT2D eigenvalue weighted by molar-refractivity contribution is 6.32. The van der Waals surface area contributed by atoms with Gasteiger partial charge in [-0.1, -0.05) is 17.7 Å². The van der Waals surface area contributed by atoms with Gasteiger partial charge in [0, 0.05) is 30.0 Å². The Bertz CT molecular complexity index is 1240. The van der Waals surface area contributed by atoms with Gasteiger partial charge in [-0.25, -0.2) is 14.8 Å². The molecule has 0 saturated carbocycles. The first-order chi connectivity index (χ1) is 16.7. The second kappa shape index (κ2) is 10.3. The van der Waals surface area contributed by atoms with Crippen LogP contribution in [-0.4, -0.2) is 47.6 Å². The molecule has 2 heterocycles. The molecule has 0 aliphatic carbocycles. The van der Waals surface area contributed by atoms with E-state index in [1.165, 1.54) is 30.5 Å². The first kappa shape index (κ1) is 24.5. The van der Waals surface area contributed by atoms with E-state index < -0.39 is 17.6 Å². The second-order valence-corrected chi connectivity index (χ2v) is 7.84. The summed E-state index contributed by atoms with van der Waals surface area (Å²) in [5, 5.41) is 17.0. The summed E-state index contributed by atoms with van der Waals surface area (Å²) in [6.07, 6.45) is -2.25. The molecule has 4 rings (SSSR count). The molecule has 1 aliphatic rings. The minimum absolute atomic E-state index is 0.0213. The number of phenols is 1. The number of ether oxygens (including phenoxy) is 1. The number of alkyl halides is 3. The van der Waals surface area contributed by atoms with E-state index in [-0.39, 0.29) is 33.8 Å². The van der Waals surface area contributed by atoms with Crippen molar-refractivity contribution in [3.8, 4) is 5.75 Å². The molecule has 35 heavy (non-hydrogen) atoms. The van der Waals surface area contributed by atoms with E-state index in [1.807, 2.05) is 0 Å². The predicted molar refractivity (Wildman–Crippen MR) is 124 cm³/mol. The Morgan fingerprint density at radius 2 is 1.91 bits per heavy atom. The zero-order chi connectivity index (χ0) is 25.0. The van der Waals surface area contributed by atoms with Gasteiger partial charge in [0.25, 0.3) is 0 Å². The molecule has 1 saturated heterocycles. The van der Waals surface area contributed by atoms with Crippen molar-refractivity contribution in [3.63, 3.8) is 0 Å². The molecule has 1 aliphatic heterocycles. The number of phenolic OH excluding ortho intramolecular Hbond substituents is 1. The Morgan fingerprint density at radius 3 is 2.66 bits per heavy atom. The SMILES string of the molecule is Oc1c(Cl)cc(Nc2cccc(C(F)(F)F)c2)cc1/C=N\Nc1ncc(F)c(N2CCOCC2)n1. The van der Waals surface area contributed by atoms with Crippen molar-refractivity contribution < 1.29 is 27.4 Å². The average Bonchev–Trinajstić information content (AvgIpc) is 2.83. The number of aromatic nitrogens is 2. The van der Waals surface area contributed by atoms with Crippen molar-refractivity contribution in [1.82, 2.24) is 9.97 Å². The van der Waals surface area contributed by atoms with Gasteiger partial charge < -0.3 is 20.1 Å². The molecule has 3 aromatic rings. The number of morpholine rings is 1. The quantitative estimate of drug-likeness (QED) is 0.185. The lowest BCUT2D eigenvalue weighted by Gasteiger charge is -2.27. The predicted octanol–water partition coefficient (Wildman–Crippen LogP) is 5.02. The normalized spacial score (nSPS) is 14.4. The van der Waals surface area contributed by atoms with E-state index in [4.69, 9.17) is 16.3 Å². The van der Waals surface area contributed by atoms with Crippen LogP contribution in [0.25, 0.3) is 0 Å². The molecule has 0 amide bonds. The number of rotatable bonds is 6. The van der Waals surface area contributed by atoms with Crippen molar-refractivity contribution in [2.75, 3.05) is 41.9 Å². The van der Waals surface area contributed by atoms with Gasteiger partial charge in [0.05, 0.1) is 36.2 Å². The van der Waals surface area contributed by atoms with Gasteiger partial charge in [0.1, 0.15) is 5.75 Å². The molecule has 0 bridgehead atoms. The Kier molecular flexibility index (Phi) is 7.22. The van der Waals surface area contributed by atoms with E-state index >= 15 is 0 Å². The van der Waals surface area contributed by atoms with Crippen LogP contribution in [0.15, 0.2) is 47.7 Å². The maximum atomic E-state index is 14.2. The van der Waals surface area contributed by atoms with Crippen molar-refractivity contribution in [3.05, 3.63) is 64.6 Å². The summed E-state index contributed by atoms with van der Waals surface area (Å²) in [5.41, 5.74) is 2.41. The van der Waals surface area contributed by atoms with E-state index in [0.29, 0.717) is 32.0 Å². The van der Waals surface area contributed by atoms with Crippen LogP contribution >= 0.6 is 11.6 Å². The van der Waals surface area contributed by atoms with Gasteiger partial charge in [-0.2, -0.15) is 23.3 Å². The third-order valence-electron chi connectivity index (χ3n) is 4.98. The highest BCUT2D eigenvalue weighted by Gasteiger charge is 2.30. The fourth-order valence-electron chi connectivity index (χ4n) is 3.30. The Balaban J connectivity index is 1.50. The number of anilines is 4. The molecule has 0 unspecified atom stereocenters. The first-order valence-electron chi connectivity index (χ1n) is 10.3. The number of aromatic hydroxyl groups is 1. The van der Waals surface area contributed by atoms with Crippen molar-refractivity contribution in [2.24, 2.45) is 5.10 Å². The highest BCUT2D eigenvalue weighted by atomic mass is 35.5. The lowest BCUT2D eigenvalue weighted by molar-refractivity contribution is -0.137. The van der Waals surface area contributed by atoms with E-state index in [1.54, 1.807) is 4.90 Å². The number of nitrogens with zero attached hydrogens (tertiary/aromatic N) is 4. The Hall–Kier alpha value is -3.64. The molecule has 0 spiro atoms. The second-order valence-electron chi connectivity index (χ2n) is 7.43. The minimum Gasteiger partial charge on any atom is -0.506 e.